The van der Waals surface area contributed by atoms with Gasteiger partial charge in [-0.25, -0.2) is 0 Å². The average Bonchev–Trinajstić information content (AvgIpc) is 3.29. The molecule has 2 aromatic carbocycles. The van der Waals surface area contributed by atoms with Gasteiger partial charge in [-0.05, 0) is 30.9 Å². The molecule has 1 aliphatic heterocycles. The zero-order valence-corrected chi connectivity index (χ0v) is 18.0. The molecule has 31 heavy (non-hydrogen) atoms. The van der Waals surface area contributed by atoms with E-state index >= 15 is 0 Å². The van der Waals surface area contributed by atoms with Crippen molar-refractivity contribution in [2.75, 3.05) is 13.1 Å². The van der Waals surface area contributed by atoms with E-state index in [1.54, 1.807) is 0 Å². The summed E-state index contributed by atoms with van der Waals surface area (Å²) in [6, 6.07) is 18.8. The number of piperidine rings is 1. The first-order valence-electron chi connectivity index (χ1n) is 10.7. The monoisotopic (exact) mass is 416 g/mol. The Balaban J connectivity index is 1.57. The molecule has 3 aromatic rings. The van der Waals surface area contributed by atoms with Crippen molar-refractivity contribution in [2.45, 2.75) is 38.5 Å². The molecule has 6 nitrogen and oxygen atoms in total. The molecule has 0 spiro atoms. The van der Waals surface area contributed by atoms with E-state index in [0.717, 1.165) is 37.2 Å². The van der Waals surface area contributed by atoms with Gasteiger partial charge in [0.05, 0.1) is 5.69 Å². The van der Waals surface area contributed by atoms with Gasteiger partial charge in [0.1, 0.15) is 0 Å². The van der Waals surface area contributed by atoms with Crippen molar-refractivity contribution in [2.24, 2.45) is 10.7 Å². The number of carbonyl (C=O) groups is 1. The maximum atomic E-state index is 12.9. The van der Waals surface area contributed by atoms with Crippen LogP contribution in [-0.4, -0.2) is 34.9 Å². The number of likely N-dealkylation sites (tertiary alicyclic amines) is 1. The van der Waals surface area contributed by atoms with Gasteiger partial charge in [0.25, 0.3) is 5.88 Å². The van der Waals surface area contributed by atoms with Crippen LogP contribution in [0, 0.1) is 0 Å². The van der Waals surface area contributed by atoms with E-state index in [1.807, 2.05) is 60.7 Å². The Morgan fingerprint density at radius 3 is 2.45 bits per heavy atom. The second-order valence-electron chi connectivity index (χ2n) is 8.47. The molecule has 1 aliphatic rings. The molecule has 0 atom stereocenters. The van der Waals surface area contributed by atoms with Gasteiger partial charge in [0.2, 0.25) is 0 Å². The number of guanidine groups is 1. The Labute approximate surface area is 182 Å². The van der Waals surface area contributed by atoms with E-state index in [-0.39, 0.29) is 5.78 Å². The van der Waals surface area contributed by atoms with Crippen LogP contribution in [0.3, 0.4) is 0 Å². The van der Waals surface area contributed by atoms with Crippen molar-refractivity contribution in [1.29, 1.82) is 0 Å². The summed E-state index contributed by atoms with van der Waals surface area (Å²) in [5.74, 6) is 0.858. The Kier molecular flexibility index (Phi) is 5.89. The van der Waals surface area contributed by atoms with E-state index in [0.29, 0.717) is 23.0 Å². The van der Waals surface area contributed by atoms with Gasteiger partial charge in [-0.2, -0.15) is 4.99 Å². The van der Waals surface area contributed by atoms with Crippen molar-refractivity contribution in [1.82, 2.24) is 10.1 Å². The van der Waals surface area contributed by atoms with Crippen LogP contribution < -0.4 is 5.73 Å². The molecule has 0 aliphatic carbocycles. The highest BCUT2D eigenvalue weighted by Crippen LogP contribution is 2.33. The maximum absolute atomic E-state index is 12.9. The average molecular weight is 417 g/mol. The quantitative estimate of drug-likeness (QED) is 0.371. The molecule has 1 saturated heterocycles. The topological polar surface area (TPSA) is 84.7 Å². The zero-order valence-electron chi connectivity index (χ0n) is 18.0. The number of nitrogens with two attached hydrogens (primary N) is 1. The van der Waals surface area contributed by atoms with E-state index in [1.165, 1.54) is 6.42 Å². The molecule has 160 valence electrons. The van der Waals surface area contributed by atoms with Crippen LogP contribution >= 0.6 is 0 Å². The molecule has 0 amide bonds. The van der Waals surface area contributed by atoms with Crippen LogP contribution in [-0.2, 0) is 5.41 Å². The summed E-state index contributed by atoms with van der Waals surface area (Å²) < 4.78 is 5.47. The fraction of sp³-hybridized carbons (Fsp3) is 0.320. The van der Waals surface area contributed by atoms with E-state index < -0.39 is 5.41 Å². The van der Waals surface area contributed by atoms with Crippen LogP contribution in [0.2, 0.25) is 0 Å². The SMILES string of the molecule is CC(C)(c1cccc(C(=O)c2ccccc2)c1)c1cc(/N=C(\N)N2CCCCC2)on1. The third-order valence-corrected chi connectivity index (χ3v) is 5.93. The van der Waals surface area contributed by atoms with Gasteiger partial charge in [-0.15, -0.1) is 0 Å². The predicted octanol–water partition coefficient (Wildman–Crippen LogP) is 4.66. The van der Waals surface area contributed by atoms with Crippen molar-refractivity contribution < 1.29 is 9.32 Å². The number of rotatable bonds is 5. The predicted molar refractivity (Wildman–Crippen MR) is 122 cm³/mol. The minimum atomic E-state index is -0.468. The first kappa shape index (κ1) is 20.8. The lowest BCUT2D eigenvalue weighted by atomic mass is 9.80. The summed E-state index contributed by atoms with van der Waals surface area (Å²) in [5, 5.41) is 4.25. The first-order valence-corrected chi connectivity index (χ1v) is 10.7. The van der Waals surface area contributed by atoms with E-state index in [9.17, 15) is 4.79 Å². The highest BCUT2D eigenvalue weighted by Gasteiger charge is 2.28. The van der Waals surface area contributed by atoms with E-state index in [4.69, 9.17) is 10.3 Å². The molecule has 2 heterocycles. The smallest absolute Gasteiger partial charge is 0.253 e. The van der Waals surface area contributed by atoms with Crippen molar-refractivity contribution in [3.63, 3.8) is 0 Å². The highest BCUT2D eigenvalue weighted by atomic mass is 16.5. The van der Waals surface area contributed by atoms with Crippen molar-refractivity contribution in [3.8, 4) is 0 Å². The number of aromatic nitrogens is 1. The Morgan fingerprint density at radius 2 is 1.71 bits per heavy atom. The molecule has 0 radical (unpaired) electrons. The van der Waals surface area contributed by atoms with Gasteiger partial charge in [0, 0.05) is 35.7 Å². The molecule has 0 unspecified atom stereocenters. The molecule has 4 rings (SSSR count). The molecule has 1 aromatic heterocycles. The summed E-state index contributed by atoms with van der Waals surface area (Å²) in [6.45, 7) is 5.95. The standard InChI is InChI=1S/C25H28N4O2/c1-25(2,20-13-9-12-19(16-20)23(30)18-10-5-3-6-11-18)21-17-22(31-28-21)27-24(26)29-14-7-4-8-15-29/h3,5-6,9-13,16-17H,4,7-8,14-15H2,1-2H3,(H2,26,27). The van der Waals surface area contributed by atoms with Crippen LogP contribution in [0.25, 0.3) is 0 Å². The Bertz CT molecular complexity index is 1080. The van der Waals surface area contributed by atoms with Crippen LogP contribution in [0.4, 0.5) is 5.88 Å². The molecule has 1 fully saturated rings. The third kappa shape index (κ3) is 4.53. The number of nitrogens with zero attached hydrogens (tertiary/aromatic N) is 3. The second-order valence-corrected chi connectivity index (χ2v) is 8.47. The van der Waals surface area contributed by atoms with Gasteiger partial charge in [0.15, 0.2) is 11.7 Å². The summed E-state index contributed by atoms with van der Waals surface area (Å²) in [7, 11) is 0. The summed E-state index contributed by atoms with van der Waals surface area (Å²) in [4.78, 5) is 19.4. The molecule has 2 N–H and O–H groups in total. The van der Waals surface area contributed by atoms with Crippen LogP contribution in [0.15, 0.2) is 70.2 Å². The lowest BCUT2D eigenvalue weighted by molar-refractivity contribution is 0.103. The summed E-state index contributed by atoms with van der Waals surface area (Å²) in [6.07, 6.45) is 3.49. The molecule has 6 heteroatoms. The summed E-state index contributed by atoms with van der Waals surface area (Å²) >= 11 is 0. The third-order valence-electron chi connectivity index (χ3n) is 5.93. The van der Waals surface area contributed by atoms with Crippen LogP contribution in [0.1, 0.15) is 60.3 Å². The molecular weight excluding hydrogens is 388 g/mol. The normalized spacial score (nSPS) is 15.2. The fourth-order valence-electron chi connectivity index (χ4n) is 3.87. The number of hydrogen-bond donors (Lipinski definition) is 1. The molecule has 0 bridgehead atoms. The molecule has 0 saturated carbocycles. The Hall–Kier alpha value is -3.41. The zero-order chi connectivity index (χ0) is 21.8. The molecular formula is C25H28N4O2. The highest BCUT2D eigenvalue weighted by molar-refractivity contribution is 6.09. The first-order chi connectivity index (χ1) is 14.9. The number of carbonyl (C=O) groups excluding carboxylic acids is 1. The van der Waals surface area contributed by atoms with Crippen molar-refractivity contribution >= 4 is 17.6 Å². The van der Waals surface area contributed by atoms with Crippen molar-refractivity contribution in [3.05, 3.63) is 83.0 Å². The Morgan fingerprint density at radius 1 is 1.00 bits per heavy atom. The van der Waals surface area contributed by atoms with Gasteiger partial charge in [-0.3, -0.25) is 4.79 Å². The fourth-order valence-corrected chi connectivity index (χ4v) is 3.87. The number of ketones is 1. The minimum Gasteiger partial charge on any atom is -0.369 e. The number of benzene rings is 2. The number of aliphatic imine (C=N–C) groups is 1. The van der Waals surface area contributed by atoms with E-state index in [2.05, 4.69) is 28.9 Å². The van der Waals surface area contributed by atoms with Crippen LogP contribution in [0.5, 0.6) is 0 Å². The second kappa shape index (κ2) is 8.76. The van der Waals surface area contributed by atoms with Gasteiger partial charge < -0.3 is 15.2 Å². The maximum Gasteiger partial charge on any atom is 0.253 e. The lowest BCUT2D eigenvalue weighted by Crippen LogP contribution is -2.40. The largest absolute Gasteiger partial charge is 0.369 e. The lowest BCUT2D eigenvalue weighted by Gasteiger charge is -2.27. The van der Waals surface area contributed by atoms with Gasteiger partial charge in [-0.1, -0.05) is 67.5 Å². The number of hydrogen-bond acceptors (Lipinski definition) is 4. The minimum absolute atomic E-state index is 0.00185. The summed E-state index contributed by atoms with van der Waals surface area (Å²) in [5.41, 5.74) is 8.73. The van der Waals surface area contributed by atoms with Gasteiger partial charge >= 0.3 is 0 Å².